The quantitative estimate of drug-likeness (QED) is 0.574. The molecule has 170 valence electrons. The number of urea groups is 1. The van der Waals surface area contributed by atoms with Crippen molar-refractivity contribution in [1.29, 1.82) is 0 Å². The lowest BCUT2D eigenvalue weighted by atomic mass is 10.0. The van der Waals surface area contributed by atoms with Crippen LogP contribution < -0.4 is 16.2 Å². The molecule has 0 bridgehead atoms. The van der Waals surface area contributed by atoms with E-state index < -0.39 is 35.2 Å². The lowest BCUT2D eigenvalue weighted by Crippen LogP contribution is -2.53. The molecule has 1 aliphatic rings. The van der Waals surface area contributed by atoms with E-state index in [0.29, 0.717) is 22.0 Å². The summed E-state index contributed by atoms with van der Waals surface area (Å²) in [5, 5.41) is 7.68. The Balaban J connectivity index is 1.75. The molecule has 2 heterocycles. The average molecular weight is 451 g/mol. The predicted molar refractivity (Wildman–Crippen MR) is 119 cm³/mol. The molecule has 0 aliphatic carbocycles. The van der Waals surface area contributed by atoms with E-state index in [0.717, 1.165) is 15.9 Å². The number of imide groups is 1. The number of carbonyl (C=O) groups is 3. The van der Waals surface area contributed by atoms with Crippen molar-refractivity contribution in [3.63, 3.8) is 0 Å². The van der Waals surface area contributed by atoms with Crippen LogP contribution in [0.15, 0.2) is 47.3 Å². The van der Waals surface area contributed by atoms with Crippen molar-refractivity contribution in [2.45, 2.75) is 38.8 Å². The maximum absolute atomic E-state index is 14.8. The molecule has 4 rings (SSSR count). The van der Waals surface area contributed by atoms with E-state index in [1.165, 1.54) is 32.9 Å². The Morgan fingerprint density at radius 2 is 1.82 bits per heavy atom. The first-order chi connectivity index (χ1) is 15.5. The van der Waals surface area contributed by atoms with Crippen LogP contribution in [0.2, 0.25) is 0 Å². The highest BCUT2D eigenvalue weighted by Crippen LogP contribution is 2.35. The van der Waals surface area contributed by atoms with Crippen LogP contribution in [0, 0.1) is 5.82 Å². The molecular weight excluding hydrogens is 429 g/mol. The fraction of sp³-hybridized carbons (Fsp3) is 0.261. The Kier molecular flexibility index (Phi) is 5.23. The molecule has 0 radical (unpaired) electrons. The molecule has 33 heavy (non-hydrogen) atoms. The second kappa shape index (κ2) is 7.80. The number of benzene rings is 2. The van der Waals surface area contributed by atoms with Gasteiger partial charge in [0.25, 0.3) is 11.5 Å². The summed E-state index contributed by atoms with van der Waals surface area (Å²) < 4.78 is 14.8. The summed E-state index contributed by atoms with van der Waals surface area (Å²) in [6, 6.07) is 9.12. The third kappa shape index (κ3) is 3.53. The van der Waals surface area contributed by atoms with E-state index in [-0.39, 0.29) is 17.7 Å². The Morgan fingerprint density at radius 3 is 2.48 bits per heavy atom. The SMILES string of the molecule is CC(C(N)=O)N1C(=O)N(c2cc(Cc3n[nH]c(=O)c4ccccc34)ccc2F)C(=O)C1(C)C. The molecule has 0 spiro atoms. The van der Waals surface area contributed by atoms with Gasteiger partial charge in [0.05, 0.1) is 16.8 Å². The van der Waals surface area contributed by atoms with Gasteiger partial charge in [-0.1, -0.05) is 24.3 Å². The summed E-state index contributed by atoms with van der Waals surface area (Å²) in [7, 11) is 0. The van der Waals surface area contributed by atoms with Crippen LogP contribution in [0.3, 0.4) is 0 Å². The number of nitrogens with zero attached hydrogens (tertiary/aromatic N) is 3. The maximum Gasteiger partial charge on any atom is 0.333 e. The van der Waals surface area contributed by atoms with E-state index in [9.17, 15) is 23.6 Å². The van der Waals surface area contributed by atoms with Crippen LogP contribution >= 0.6 is 0 Å². The Bertz CT molecular complexity index is 1370. The number of hydrogen-bond acceptors (Lipinski definition) is 5. The number of carbonyl (C=O) groups excluding carboxylic acids is 3. The topological polar surface area (TPSA) is 129 Å². The summed E-state index contributed by atoms with van der Waals surface area (Å²) in [4.78, 5) is 51.8. The Hall–Kier alpha value is -4.08. The van der Waals surface area contributed by atoms with E-state index >= 15 is 0 Å². The number of nitrogens with one attached hydrogen (secondary N) is 1. The van der Waals surface area contributed by atoms with Gasteiger partial charge in [0.1, 0.15) is 17.4 Å². The molecule has 1 aromatic heterocycles. The van der Waals surface area contributed by atoms with Crippen LogP contribution in [-0.2, 0) is 16.0 Å². The lowest BCUT2D eigenvalue weighted by Gasteiger charge is -2.31. The van der Waals surface area contributed by atoms with Crippen LogP contribution in [0.1, 0.15) is 32.0 Å². The number of halogens is 1. The van der Waals surface area contributed by atoms with Crippen LogP contribution in [0.4, 0.5) is 14.9 Å². The molecule has 0 saturated carbocycles. The third-order valence-corrected chi connectivity index (χ3v) is 5.92. The van der Waals surface area contributed by atoms with Crippen LogP contribution in [-0.4, -0.2) is 44.5 Å². The Labute approximate surface area is 188 Å². The molecule has 3 aromatic rings. The number of aromatic amines is 1. The summed E-state index contributed by atoms with van der Waals surface area (Å²) in [6.07, 6.45) is 0.214. The van der Waals surface area contributed by atoms with Crippen LogP contribution in [0.5, 0.6) is 0 Å². The van der Waals surface area contributed by atoms with Gasteiger partial charge in [-0.25, -0.2) is 19.2 Å². The number of H-pyrrole nitrogens is 1. The fourth-order valence-electron chi connectivity index (χ4n) is 4.14. The average Bonchev–Trinajstić information content (AvgIpc) is 2.95. The van der Waals surface area contributed by atoms with Gasteiger partial charge >= 0.3 is 6.03 Å². The Morgan fingerprint density at radius 1 is 1.15 bits per heavy atom. The zero-order chi connectivity index (χ0) is 24.1. The number of nitrogens with two attached hydrogens (primary N) is 1. The van der Waals surface area contributed by atoms with E-state index in [2.05, 4.69) is 10.2 Å². The second-order valence-corrected chi connectivity index (χ2v) is 8.44. The van der Waals surface area contributed by atoms with Crippen molar-refractivity contribution in [2.75, 3.05) is 4.90 Å². The van der Waals surface area contributed by atoms with Gasteiger partial charge in [0.2, 0.25) is 5.91 Å². The van der Waals surface area contributed by atoms with Crippen molar-refractivity contribution in [1.82, 2.24) is 15.1 Å². The highest BCUT2D eigenvalue weighted by molar-refractivity contribution is 6.23. The minimum absolute atomic E-state index is 0.214. The van der Waals surface area contributed by atoms with E-state index in [4.69, 9.17) is 5.73 Å². The summed E-state index contributed by atoms with van der Waals surface area (Å²) in [5.41, 5.74) is 4.51. The van der Waals surface area contributed by atoms with Gasteiger partial charge in [-0.3, -0.25) is 19.3 Å². The number of amides is 4. The van der Waals surface area contributed by atoms with E-state index in [1.807, 2.05) is 0 Å². The highest BCUT2D eigenvalue weighted by Gasteiger charge is 2.55. The van der Waals surface area contributed by atoms with Crippen molar-refractivity contribution < 1.29 is 18.8 Å². The van der Waals surface area contributed by atoms with Crippen LogP contribution in [0.25, 0.3) is 10.8 Å². The van der Waals surface area contributed by atoms with Gasteiger partial charge in [-0.15, -0.1) is 0 Å². The van der Waals surface area contributed by atoms with Crippen molar-refractivity contribution in [3.05, 3.63) is 69.9 Å². The summed E-state index contributed by atoms with van der Waals surface area (Å²) in [5.74, 6) is -2.23. The molecule has 1 atom stereocenters. The first-order valence-electron chi connectivity index (χ1n) is 10.3. The fourth-order valence-corrected chi connectivity index (χ4v) is 4.14. The predicted octanol–water partition coefficient (Wildman–Crippen LogP) is 2.07. The normalized spacial score (nSPS) is 16.5. The minimum Gasteiger partial charge on any atom is -0.368 e. The number of aromatic nitrogens is 2. The van der Waals surface area contributed by atoms with Gasteiger partial charge in [-0.2, -0.15) is 5.10 Å². The number of rotatable bonds is 5. The largest absolute Gasteiger partial charge is 0.368 e. The zero-order valence-corrected chi connectivity index (χ0v) is 18.3. The van der Waals surface area contributed by atoms with Crippen molar-refractivity contribution in [2.24, 2.45) is 5.73 Å². The smallest absolute Gasteiger partial charge is 0.333 e. The molecule has 3 N–H and O–H groups in total. The number of fused-ring (bicyclic) bond motifs is 1. The van der Waals surface area contributed by atoms with E-state index in [1.54, 1.807) is 24.3 Å². The molecule has 10 heteroatoms. The monoisotopic (exact) mass is 451 g/mol. The molecule has 1 unspecified atom stereocenters. The number of hydrogen-bond donors (Lipinski definition) is 2. The summed E-state index contributed by atoms with van der Waals surface area (Å²) >= 11 is 0. The zero-order valence-electron chi connectivity index (χ0n) is 18.3. The summed E-state index contributed by atoms with van der Waals surface area (Å²) in [6.45, 7) is 4.37. The van der Waals surface area contributed by atoms with Gasteiger partial charge in [-0.05, 0) is 44.5 Å². The lowest BCUT2D eigenvalue weighted by molar-refractivity contribution is -0.127. The minimum atomic E-state index is -1.40. The molecule has 2 aromatic carbocycles. The maximum atomic E-state index is 14.8. The highest BCUT2D eigenvalue weighted by atomic mass is 19.1. The van der Waals surface area contributed by atoms with Crippen molar-refractivity contribution >= 4 is 34.3 Å². The molecule has 1 aliphatic heterocycles. The second-order valence-electron chi connectivity index (χ2n) is 8.44. The first-order valence-corrected chi connectivity index (χ1v) is 10.3. The number of primary amides is 1. The van der Waals surface area contributed by atoms with Gasteiger partial charge in [0.15, 0.2) is 0 Å². The van der Waals surface area contributed by atoms with Crippen molar-refractivity contribution in [3.8, 4) is 0 Å². The van der Waals surface area contributed by atoms with Gasteiger partial charge < -0.3 is 5.73 Å². The molecule has 9 nitrogen and oxygen atoms in total. The third-order valence-electron chi connectivity index (χ3n) is 5.92. The molecular formula is C23H22FN5O4. The molecule has 1 saturated heterocycles. The van der Waals surface area contributed by atoms with Gasteiger partial charge in [0, 0.05) is 11.8 Å². The molecule has 4 amide bonds. The first kappa shape index (κ1) is 22.1. The molecule has 1 fully saturated rings. The standard InChI is InChI=1S/C23H22FN5O4/c1-12(19(25)30)29-22(33)28(21(32)23(29,2)3)18-11-13(8-9-16(18)24)10-17-14-6-4-5-7-15(14)20(31)27-26-17/h4-9,11-12H,10H2,1-3H3,(H2,25,30)(H,27,31). The number of anilines is 1.